The van der Waals surface area contributed by atoms with Crippen LogP contribution in [0.2, 0.25) is 0 Å². The van der Waals surface area contributed by atoms with Crippen LogP contribution in [0.4, 0.5) is 0 Å². The van der Waals surface area contributed by atoms with E-state index in [1.54, 1.807) is 23.3 Å². The topological polar surface area (TPSA) is 102 Å². The molecule has 0 fully saturated rings. The van der Waals surface area contributed by atoms with Gasteiger partial charge in [0.15, 0.2) is 0 Å². The maximum atomic E-state index is 11.9. The number of nitrogens with zero attached hydrogens (tertiary/aromatic N) is 4. The molecule has 0 amide bonds. The molecule has 0 atom stereocenters. The number of sulfonamides is 1. The van der Waals surface area contributed by atoms with Crippen molar-refractivity contribution in [3.05, 3.63) is 31.1 Å². The van der Waals surface area contributed by atoms with Gasteiger partial charge in [-0.15, -0.1) is 0 Å². The zero-order valence-electron chi connectivity index (χ0n) is 10.2. The van der Waals surface area contributed by atoms with E-state index in [4.69, 9.17) is 5.11 Å². The van der Waals surface area contributed by atoms with Crippen molar-refractivity contribution >= 4 is 10.0 Å². The molecule has 0 bridgehead atoms. The predicted molar refractivity (Wildman–Crippen MR) is 66.7 cm³/mol. The van der Waals surface area contributed by atoms with Crippen molar-refractivity contribution in [2.45, 2.75) is 18.0 Å². The normalized spacial score (nSPS) is 11.8. The Bertz CT molecular complexity index is 605. The van der Waals surface area contributed by atoms with Crippen LogP contribution in [0.3, 0.4) is 0 Å². The van der Waals surface area contributed by atoms with Crippen LogP contribution in [0, 0.1) is 0 Å². The Balaban J connectivity index is 1.93. The molecular weight excluding hydrogens is 270 g/mol. The molecule has 2 aromatic rings. The molecule has 0 spiro atoms. The zero-order valence-corrected chi connectivity index (χ0v) is 11.0. The second kappa shape index (κ2) is 5.95. The van der Waals surface area contributed by atoms with Gasteiger partial charge in [0.1, 0.15) is 4.90 Å². The largest absolute Gasteiger partial charge is 0.394 e. The fraction of sp³-hybridized carbons (Fsp3) is 0.400. The number of nitrogens with one attached hydrogen (secondary N) is 1. The lowest BCUT2D eigenvalue weighted by Gasteiger charge is -2.05. The lowest BCUT2D eigenvalue weighted by Crippen LogP contribution is -2.27. The van der Waals surface area contributed by atoms with Crippen LogP contribution >= 0.6 is 0 Å². The molecule has 0 aromatic carbocycles. The Morgan fingerprint density at radius 3 is 2.89 bits per heavy atom. The van der Waals surface area contributed by atoms with E-state index in [0.717, 1.165) is 0 Å². The highest BCUT2D eigenvalue weighted by molar-refractivity contribution is 7.89. The van der Waals surface area contributed by atoms with Crippen LogP contribution in [0.25, 0.3) is 0 Å². The monoisotopic (exact) mass is 285 g/mol. The fourth-order valence-electron chi connectivity index (χ4n) is 1.52. The van der Waals surface area contributed by atoms with Crippen LogP contribution in [-0.4, -0.2) is 46.0 Å². The summed E-state index contributed by atoms with van der Waals surface area (Å²) in [6, 6.07) is 0. The van der Waals surface area contributed by atoms with Crippen molar-refractivity contribution in [3.8, 4) is 0 Å². The summed E-state index contributed by atoms with van der Waals surface area (Å²) in [6.45, 7) is 0.952. The lowest BCUT2D eigenvalue weighted by molar-refractivity contribution is 0.269. The summed E-state index contributed by atoms with van der Waals surface area (Å²) in [5.74, 6) is 0. The van der Waals surface area contributed by atoms with Gasteiger partial charge in [0.2, 0.25) is 10.0 Å². The highest BCUT2D eigenvalue weighted by Gasteiger charge is 2.15. The van der Waals surface area contributed by atoms with E-state index >= 15 is 0 Å². The minimum absolute atomic E-state index is 0.0881. The van der Waals surface area contributed by atoms with Gasteiger partial charge in [-0.3, -0.25) is 4.68 Å². The van der Waals surface area contributed by atoms with Crippen molar-refractivity contribution in [2.75, 3.05) is 13.2 Å². The standard InChI is InChI=1S/C10H15N5O3S/c16-6-5-15-8-10(7-12-15)19(17,18)13-2-4-14-3-1-11-9-14/h1,3,7-9,13,16H,2,4-6H2. The SMILES string of the molecule is O=S(=O)(NCCn1ccnc1)c1cnn(CCO)c1. The lowest BCUT2D eigenvalue weighted by atomic mass is 10.6. The minimum Gasteiger partial charge on any atom is -0.394 e. The first-order valence-corrected chi connectivity index (χ1v) is 7.19. The van der Waals surface area contributed by atoms with Gasteiger partial charge in [-0.05, 0) is 0 Å². The van der Waals surface area contributed by atoms with E-state index in [0.29, 0.717) is 6.54 Å². The summed E-state index contributed by atoms with van der Waals surface area (Å²) < 4.78 is 29.5. The first-order valence-electron chi connectivity index (χ1n) is 5.70. The molecule has 0 aliphatic carbocycles. The van der Waals surface area contributed by atoms with E-state index < -0.39 is 10.0 Å². The smallest absolute Gasteiger partial charge is 0.243 e. The molecule has 8 nitrogen and oxygen atoms in total. The summed E-state index contributed by atoms with van der Waals surface area (Å²) >= 11 is 0. The number of hydrogen-bond acceptors (Lipinski definition) is 5. The van der Waals surface area contributed by atoms with Gasteiger partial charge in [0.05, 0.1) is 25.7 Å². The van der Waals surface area contributed by atoms with Crippen LogP contribution in [0.1, 0.15) is 0 Å². The van der Waals surface area contributed by atoms with Gasteiger partial charge in [-0.2, -0.15) is 5.10 Å². The molecule has 2 N–H and O–H groups in total. The summed E-state index contributed by atoms with van der Waals surface area (Å²) in [5, 5.41) is 12.6. The van der Waals surface area contributed by atoms with Crippen LogP contribution in [0.15, 0.2) is 36.0 Å². The second-order valence-electron chi connectivity index (χ2n) is 3.86. The number of aliphatic hydroxyl groups excluding tert-OH is 1. The maximum Gasteiger partial charge on any atom is 0.243 e. The third-order valence-corrected chi connectivity index (χ3v) is 3.89. The Hall–Kier alpha value is -1.71. The van der Waals surface area contributed by atoms with Gasteiger partial charge in [0, 0.05) is 31.7 Å². The van der Waals surface area contributed by atoms with Crippen LogP contribution in [0.5, 0.6) is 0 Å². The van der Waals surface area contributed by atoms with E-state index in [2.05, 4.69) is 14.8 Å². The summed E-state index contributed by atoms with van der Waals surface area (Å²) in [5.41, 5.74) is 0. The molecule has 2 aromatic heterocycles. The van der Waals surface area contributed by atoms with Crippen LogP contribution in [-0.2, 0) is 23.1 Å². The second-order valence-corrected chi connectivity index (χ2v) is 5.63. The quantitative estimate of drug-likeness (QED) is 0.683. The highest BCUT2D eigenvalue weighted by Crippen LogP contribution is 2.06. The van der Waals surface area contributed by atoms with Gasteiger partial charge in [-0.25, -0.2) is 18.1 Å². The Morgan fingerprint density at radius 1 is 1.37 bits per heavy atom. The van der Waals surface area contributed by atoms with Crippen molar-refractivity contribution in [1.29, 1.82) is 0 Å². The van der Waals surface area contributed by atoms with Gasteiger partial charge in [0.25, 0.3) is 0 Å². The molecule has 0 unspecified atom stereocenters. The maximum absolute atomic E-state index is 11.9. The number of imidazole rings is 1. The van der Waals surface area contributed by atoms with Gasteiger partial charge >= 0.3 is 0 Å². The Kier molecular flexibility index (Phi) is 4.30. The molecule has 0 aliphatic rings. The van der Waals surface area contributed by atoms with Gasteiger partial charge in [-0.1, -0.05) is 0 Å². The third kappa shape index (κ3) is 3.63. The molecule has 2 heterocycles. The number of rotatable bonds is 7. The summed E-state index contributed by atoms with van der Waals surface area (Å²) in [6.07, 6.45) is 7.65. The van der Waals surface area contributed by atoms with Crippen molar-refractivity contribution in [3.63, 3.8) is 0 Å². The summed E-state index contributed by atoms with van der Waals surface area (Å²) in [4.78, 5) is 3.96. The number of hydrogen-bond donors (Lipinski definition) is 2. The Labute approximate surface area is 110 Å². The molecule has 19 heavy (non-hydrogen) atoms. The molecule has 9 heteroatoms. The molecule has 2 rings (SSSR count). The minimum atomic E-state index is -3.56. The number of aliphatic hydroxyl groups is 1. The first-order chi connectivity index (χ1) is 9.12. The molecule has 0 saturated heterocycles. The Morgan fingerprint density at radius 2 is 2.21 bits per heavy atom. The van der Waals surface area contributed by atoms with Gasteiger partial charge < -0.3 is 9.67 Å². The van der Waals surface area contributed by atoms with Crippen LogP contribution < -0.4 is 4.72 Å². The predicted octanol–water partition coefficient (Wildman–Crippen LogP) is -0.950. The molecular formula is C10H15N5O3S. The van der Waals surface area contributed by atoms with E-state index in [9.17, 15) is 8.42 Å². The fourth-order valence-corrected chi connectivity index (χ4v) is 2.49. The van der Waals surface area contributed by atoms with E-state index in [1.165, 1.54) is 17.1 Å². The van der Waals surface area contributed by atoms with Crippen molar-refractivity contribution in [2.24, 2.45) is 0 Å². The zero-order chi connectivity index (χ0) is 13.7. The summed E-state index contributed by atoms with van der Waals surface area (Å²) in [7, 11) is -3.56. The highest BCUT2D eigenvalue weighted by atomic mass is 32.2. The molecule has 0 saturated carbocycles. The molecule has 0 aliphatic heterocycles. The number of aromatic nitrogens is 4. The third-order valence-electron chi connectivity index (χ3n) is 2.47. The van der Waals surface area contributed by atoms with E-state index in [1.807, 2.05) is 0 Å². The van der Waals surface area contributed by atoms with Crippen molar-refractivity contribution < 1.29 is 13.5 Å². The van der Waals surface area contributed by atoms with E-state index in [-0.39, 0.29) is 24.6 Å². The molecule has 0 radical (unpaired) electrons. The average Bonchev–Trinajstić information content (AvgIpc) is 3.00. The average molecular weight is 285 g/mol. The molecule has 104 valence electrons. The van der Waals surface area contributed by atoms with Crippen molar-refractivity contribution in [1.82, 2.24) is 24.1 Å². The first kappa shape index (κ1) is 13.7.